The lowest BCUT2D eigenvalue weighted by molar-refractivity contribution is -0.132. The third kappa shape index (κ3) is 6.61. The number of carbonyl (C=O) groups is 1. The molecule has 0 aromatic heterocycles. The Kier molecular flexibility index (Phi) is 9.03. The van der Waals surface area contributed by atoms with Crippen molar-refractivity contribution in [1.29, 1.82) is 0 Å². The predicted molar refractivity (Wildman–Crippen MR) is 67.9 cm³/mol. The van der Waals surface area contributed by atoms with E-state index >= 15 is 0 Å². The molecule has 0 aromatic carbocycles. The van der Waals surface area contributed by atoms with Gasteiger partial charge in [0.15, 0.2) is 0 Å². The fraction of sp³-hybridized carbons (Fsp3) is 0.917. The van der Waals surface area contributed by atoms with E-state index in [-0.39, 0.29) is 11.9 Å². The second-order valence-electron chi connectivity index (χ2n) is 4.08. The molecule has 2 atom stereocenters. The van der Waals surface area contributed by atoms with E-state index in [1.807, 2.05) is 20.8 Å². The zero-order valence-corrected chi connectivity index (χ0v) is 11.4. The van der Waals surface area contributed by atoms with Crippen LogP contribution in [0.15, 0.2) is 0 Å². The number of hydrogen-bond donors (Lipinski definition) is 2. The van der Waals surface area contributed by atoms with Gasteiger partial charge in [-0.3, -0.25) is 4.79 Å². The molecule has 0 saturated heterocycles. The van der Waals surface area contributed by atoms with E-state index in [4.69, 9.17) is 4.74 Å². The summed E-state index contributed by atoms with van der Waals surface area (Å²) in [7, 11) is 1.56. The maximum atomic E-state index is 11.9. The molecule has 0 rings (SSSR count). The van der Waals surface area contributed by atoms with Gasteiger partial charge >= 0.3 is 0 Å². The van der Waals surface area contributed by atoms with Crippen molar-refractivity contribution in [3.8, 4) is 0 Å². The van der Waals surface area contributed by atoms with Gasteiger partial charge in [0, 0.05) is 20.2 Å². The molecule has 0 fully saturated rings. The number of hydrogen-bond acceptors (Lipinski definition) is 4. The van der Waals surface area contributed by atoms with Crippen molar-refractivity contribution in [2.75, 3.05) is 33.4 Å². The highest BCUT2D eigenvalue weighted by Crippen LogP contribution is 1.96. The van der Waals surface area contributed by atoms with Crippen molar-refractivity contribution in [2.24, 2.45) is 0 Å². The lowest BCUT2D eigenvalue weighted by atomic mass is 10.2. The quantitative estimate of drug-likeness (QED) is 0.611. The van der Waals surface area contributed by atoms with Crippen molar-refractivity contribution in [3.05, 3.63) is 0 Å². The van der Waals surface area contributed by atoms with Crippen LogP contribution in [0.1, 0.15) is 27.2 Å². The fourth-order valence-electron chi connectivity index (χ4n) is 1.64. The number of ether oxygens (including phenoxy) is 1. The highest BCUT2D eigenvalue weighted by molar-refractivity contribution is 5.81. The number of rotatable bonds is 9. The van der Waals surface area contributed by atoms with Gasteiger partial charge in [0.2, 0.25) is 5.91 Å². The van der Waals surface area contributed by atoms with E-state index in [0.29, 0.717) is 19.6 Å². The molecule has 2 N–H and O–H groups in total. The minimum Gasteiger partial charge on any atom is -0.391 e. The average Bonchev–Trinajstić information content (AvgIpc) is 2.30. The number of aliphatic hydroxyl groups is 1. The van der Waals surface area contributed by atoms with Gasteiger partial charge in [0.05, 0.1) is 18.8 Å². The van der Waals surface area contributed by atoms with Gasteiger partial charge in [0.1, 0.15) is 0 Å². The Morgan fingerprint density at radius 1 is 1.41 bits per heavy atom. The largest absolute Gasteiger partial charge is 0.391 e. The van der Waals surface area contributed by atoms with Crippen LogP contribution < -0.4 is 5.32 Å². The number of likely N-dealkylation sites (N-methyl/N-ethyl adjacent to an activating group) is 1. The van der Waals surface area contributed by atoms with Crippen LogP contribution in [0.2, 0.25) is 0 Å². The molecule has 0 aliphatic carbocycles. The minimum atomic E-state index is -0.469. The number of nitrogens with zero attached hydrogens (tertiary/aromatic N) is 1. The molecule has 0 spiro atoms. The first-order valence-electron chi connectivity index (χ1n) is 6.25. The van der Waals surface area contributed by atoms with Crippen LogP contribution >= 0.6 is 0 Å². The molecule has 5 heteroatoms. The summed E-state index contributed by atoms with van der Waals surface area (Å²) in [5.74, 6) is 0.108. The van der Waals surface area contributed by atoms with Crippen LogP contribution in [-0.4, -0.2) is 61.4 Å². The standard InChI is InChI=1S/C12H26N2O3/c1-5-14(6-2)12(16)10(3)13-8-7-11(15)9-17-4/h10-11,13,15H,5-9H2,1-4H3. The van der Waals surface area contributed by atoms with Crippen LogP contribution in [-0.2, 0) is 9.53 Å². The first kappa shape index (κ1) is 16.4. The van der Waals surface area contributed by atoms with E-state index in [9.17, 15) is 9.90 Å². The van der Waals surface area contributed by atoms with Crippen LogP contribution in [0.5, 0.6) is 0 Å². The Morgan fingerprint density at radius 3 is 2.47 bits per heavy atom. The van der Waals surface area contributed by atoms with Crippen molar-refractivity contribution < 1.29 is 14.6 Å². The zero-order chi connectivity index (χ0) is 13.3. The highest BCUT2D eigenvalue weighted by atomic mass is 16.5. The summed E-state index contributed by atoms with van der Waals surface area (Å²) in [5.41, 5.74) is 0. The molecule has 0 aliphatic rings. The number of carbonyl (C=O) groups excluding carboxylic acids is 1. The third-order valence-electron chi connectivity index (χ3n) is 2.73. The van der Waals surface area contributed by atoms with Crippen LogP contribution in [0.3, 0.4) is 0 Å². The van der Waals surface area contributed by atoms with Crippen molar-refractivity contribution >= 4 is 5.91 Å². The maximum Gasteiger partial charge on any atom is 0.239 e. The summed E-state index contributed by atoms with van der Waals surface area (Å²) in [6.45, 7) is 8.19. The first-order chi connectivity index (χ1) is 8.06. The van der Waals surface area contributed by atoms with E-state index in [1.165, 1.54) is 0 Å². The Balaban J connectivity index is 3.85. The molecule has 0 bridgehead atoms. The van der Waals surface area contributed by atoms with Gasteiger partial charge in [-0.15, -0.1) is 0 Å². The normalized spacial score (nSPS) is 14.4. The second kappa shape index (κ2) is 9.39. The highest BCUT2D eigenvalue weighted by Gasteiger charge is 2.17. The summed E-state index contributed by atoms with van der Waals surface area (Å²) in [5, 5.41) is 12.6. The topological polar surface area (TPSA) is 61.8 Å². The Bertz CT molecular complexity index is 208. The number of amides is 1. The monoisotopic (exact) mass is 246 g/mol. The van der Waals surface area contributed by atoms with E-state index in [2.05, 4.69) is 5.32 Å². The van der Waals surface area contributed by atoms with E-state index in [0.717, 1.165) is 13.1 Å². The number of methoxy groups -OCH3 is 1. The number of nitrogens with one attached hydrogen (secondary N) is 1. The van der Waals surface area contributed by atoms with Gasteiger partial charge < -0.3 is 20.1 Å². The fourth-order valence-corrected chi connectivity index (χ4v) is 1.64. The Hall–Kier alpha value is -0.650. The Labute approximate surface area is 104 Å². The molecule has 0 aromatic rings. The molecule has 102 valence electrons. The van der Waals surface area contributed by atoms with Crippen LogP contribution in [0.25, 0.3) is 0 Å². The molecular formula is C12H26N2O3. The van der Waals surface area contributed by atoms with Gasteiger partial charge in [-0.25, -0.2) is 0 Å². The van der Waals surface area contributed by atoms with Gasteiger partial charge in [-0.2, -0.15) is 0 Å². The third-order valence-corrected chi connectivity index (χ3v) is 2.73. The van der Waals surface area contributed by atoms with Crippen molar-refractivity contribution in [3.63, 3.8) is 0 Å². The van der Waals surface area contributed by atoms with Crippen molar-refractivity contribution in [2.45, 2.75) is 39.3 Å². The Morgan fingerprint density at radius 2 is 2.00 bits per heavy atom. The SMILES string of the molecule is CCN(CC)C(=O)C(C)NCCC(O)COC. The summed E-state index contributed by atoms with van der Waals surface area (Å²) in [6.07, 6.45) is 0.118. The molecule has 17 heavy (non-hydrogen) atoms. The van der Waals surface area contributed by atoms with Crippen LogP contribution in [0, 0.1) is 0 Å². The summed E-state index contributed by atoms with van der Waals surface area (Å²) in [4.78, 5) is 13.7. The van der Waals surface area contributed by atoms with Gasteiger partial charge in [0.25, 0.3) is 0 Å². The first-order valence-corrected chi connectivity index (χ1v) is 6.25. The maximum absolute atomic E-state index is 11.9. The average molecular weight is 246 g/mol. The van der Waals surface area contributed by atoms with E-state index < -0.39 is 6.10 Å². The van der Waals surface area contributed by atoms with Crippen LogP contribution in [0.4, 0.5) is 0 Å². The molecule has 0 saturated carbocycles. The molecule has 5 nitrogen and oxygen atoms in total. The molecule has 0 heterocycles. The minimum absolute atomic E-state index is 0.108. The second-order valence-corrected chi connectivity index (χ2v) is 4.08. The molecule has 0 radical (unpaired) electrons. The lowest BCUT2D eigenvalue weighted by Crippen LogP contribution is -2.45. The van der Waals surface area contributed by atoms with Gasteiger partial charge in [-0.1, -0.05) is 0 Å². The number of aliphatic hydroxyl groups excluding tert-OH is 1. The molecular weight excluding hydrogens is 220 g/mol. The van der Waals surface area contributed by atoms with Gasteiger partial charge in [-0.05, 0) is 33.7 Å². The lowest BCUT2D eigenvalue weighted by Gasteiger charge is -2.23. The predicted octanol–water partition coefficient (Wildman–Crippen LogP) is 0.230. The molecule has 0 aliphatic heterocycles. The summed E-state index contributed by atoms with van der Waals surface area (Å²) in [6, 6.07) is -0.204. The van der Waals surface area contributed by atoms with Crippen molar-refractivity contribution in [1.82, 2.24) is 10.2 Å². The zero-order valence-electron chi connectivity index (χ0n) is 11.4. The van der Waals surface area contributed by atoms with E-state index in [1.54, 1.807) is 12.0 Å². The smallest absolute Gasteiger partial charge is 0.239 e. The molecule has 1 amide bonds. The summed E-state index contributed by atoms with van der Waals surface area (Å²) < 4.78 is 4.83. The molecule has 2 unspecified atom stereocenters. The summed E-state index contributed by atoms with van der Waals surface area (Å²) >= 11 is 0.